The van der Waals surface area contributed by atoms with E-state index in [-0.39, 0.29) is 5.54 Å². The van der Waals surface area contributed by atoms with Crippen molar-refractivity contribution in [3.05, 3.63) is 24.3 Å². The van der Waals surface area contributed by atoms with Gasteiger partial charge in [0.15, 0.2) is 5.90 Å². The van der Waals surface area contributed by atoms with E-state index in [1.54, 1.807) is 0 Å². The van der Waals surface area contributed by atoms with Gasteiger partial charge < -0.3 is 4.74 Å². The van der Waals surface area contributed by atoms with Crippen LogP contribution in [0.4, 0.5) is 0 Å². The van der Waals surface area contributed by atoms with Gasteiger partial charge in [0.2, 0.25) is 0 Å². The molecule has 0 radical (unpaired) electrons. The molecule has 0 unspecified atom stereocenters. The highest BCUT2D eigenvalue weighted by Crippen LogP contribution is 2.19. The minimum absolute atomic E-state index is 0.00854. The minimum atomic E-state index is -0.00854. The van der Waals surface area contributed by atoms with Crippen LogP contribution in [0.1, 0.15) is 124 Å². The predicted molar refractivity (Wildman–Crippen MR) is 125 cm³/mol. The highest BCUT2D eigenvalue weighted by molar-refractivity contribution is 5.78. The van der Waals surface area contributed by atoms with Crippen molar-refractivity contribution < 1.29 is 4.74 Å². The number of rotatable bonds is 18. The molecule has 28 heavy (non-hydrogen) atoms. The van der Waals surface area contributed by atoms with Gasteiger partial charge in [-0.15, -0.1) is 0 Å². The summed E-state index contributed by atoms with van der Waals surface area (Å²) in [5, 5.41) is 0. The van der Waals surface area contributed by atoms with Crippen LogP contribution in [0.15, 0.2) is 29.3 Å². The fraction of sp³-hybridized carbons (Fsp3) is 0.808. The van der Waals surface area contributed by atoms with E-state index in [1.807, 2.05) is 0 Å². The first-order valence-electron chi connectivity index (χ1n) is 12.2. The van der Waals surface area contributed by atoms with E-state index in [4.69, 9.17) is 4.74 Å². The molecule has 0 amide bonds. The molecule has 1 heterocycles. The third-order valence-corrected chi connectivity index (χ3v) is 5.34. The summed E-state index contributed by atoms with van der Waals surface area (Å²) in [5.41, 5.74) is -0.00854. The Kier molecular flexibility index (Phi) is 15.0. The molecular weight excluding hydrogens is 342 g/mol. The van der Waals surface area contributed by atoms with Crippen molar-refractivity contribution in [2.75, 3.05) is 6.61 Å². The topological polar surface area (TPSA) is 21.6 Å². The molecular formula is C26H47NO. The largest absolute Gasteiger partial charge is 0.478 e. The van der Waals surface area contributed by atoms with Crippen LogP contribution >= 0.6 is 0 Å². The zero-order valence-electron chi connectivity index (χ0n) is 19.2. The lowest BCUT2D eigenvalue weighted by atomic mass is 10.1. The molecule has 162 valence electrons. The molecule has 2 nitrogen and oxygen atoms in total. The maximum absolute atomic E-state index is 5.62. The van der Waals surface area contributed by atoms with E-state index >= 15 is 0 Å². The Bertz CT molecular complexity index is 447. The molecule has 0 aromatic carbocycles. The molecule has 1 rings (SSSR count). The Labute approximate surface area is 175 Å². The number of hydrogen-bond acceptors (Lipinski definition) is 2. The highest BCUT2D eigenvalue weighted by atomic mass is 16.5. The van der Waals surface area contributed by atoms with Crippen molar-refractivity contribution in [2.45, 2.75) is 129 Å². The fourth-order valence-corrected chi connectivity index (χ4v) is 3.57. The Morgan fingerprint density at radius 3 is 1.75 bits per heavy atom. The molecule has 0 N–H and O–H groups in total. The summed E-state index contributed by atoms with van der Waals surface area (Å²) in [4.78, 5) is 4.60. The fourth-order valence-electron chi connectivity index (χ4n) is 3.57. The van der Waals surface area contributed by atoms with E-state index in [0.29, 0.717) is 0 Å². The Balaban J connectivity index is 1.80. The van der Waals surface area contributed by atoms with Crippen LogP contribution in [0.25, 0.3) is 0 Å². The van der Waals surface area contributed by atoms with E-state index < -0.39 is 0 Å². The summed E-state index contributed by atoms with van der Waals surface area (Å²) < 4.78 is 5.62. The van der Waals surface area contributed by atoms with Crippen molar-refractivity contribution in [1.29, 1.82) is 0 Å². The number of allylic oxidation sites excluding steroid dienone is 4. The summed E-state index contributed by atoms with van der Waals surface area (Å²) in [6.07, 6.45) is 30.5. The maximum Gasteiger partial charge on any atom is 0.183 e. The molecule has 0 bridgehead atoms. The second kappa shape index (κ2) is 16.9. The summed E-state index contributed by atoms with van der Waals surface area (Å²) in [7, 11) is 0. The third kappa shape index (κ3) is 14.9. The maximum atomic E-state index is 5.62. The first kappa shape index (κ1) is 25.0. The monoisotopic (exact) mass is 389 g/mol. The van der Waals surface area contributed by atoms with Crippen LogP contribution in [-0.2, 0) is 4.74 Å². The van der Waals surface area contributed by atoms with Crippen LogP contribution in [-0.4, -0.2) is 18.0 Å². The predicted octanol–water partition coefficient (Wildman–Crippen LogP) is 8.57. The van der Waals surface area contributed by atoms with Crippen LogP contribution in [0, 0.1) is 0 Å². The lowest BCUT2D eigenvalue weighted by Crippen LogP contribution is -2.17. The number of unbranched alkanes of at least 4 members (excludes halogenated alkanes) is 12. The van der Waals surface area contributed by atoms with Gasteiger partial charge in [-0.3, -0.25) is 0 Å². The summed E-state index contributed by atoms with van der Waals surface area (Å²) in [6.45, 7) is 7.29. The van der Waals surface area contributed by atoms with Gasteiger partial charge in [0, 0.05) is 6.42 Å². The number of nitrogens with zero attached hydrogens (tertiary/aromatic N) is 1. The van der Waals surface area contributed by atoms with Gasteiger partial charge in [0.25, 0.3) is 0 Å². The van der Waals surface area contributed by atoms with Gasteiger partial charge >= 0.3 is 0 Å². The number of ether oxygens (including phenoxy) is 1. The summed E-state index contributed by atoms with van der Waals surface area (Å²) >= 11 is 0. The molecule has 2 heteroatoms. The first-order chi connectivity index (χ1) is 13.6. The van der Waals surface area contributed by atoms with Gasteiger partial charge in [0.05, 0.1) is 5.54 Å². The van der Waals surface area contributed by atoms with Crippen molar-refractivity contribution in [3.63, 3.8) is 0 Å². The van der Waals surface area contributed by atoms with E-state index in [9.17, 15) is 0 Å². The molecule has 0 saturated carbocycles. The second-order valence-corrected chi connectivity index (χ2v) is 8.99. The number of aliphatic imine (C=N–C) groups is 1. The first-order valence-corrected chi connectivity index (χ1v) is 12.2. The lowest BCUT2D eigenvalue weighted by molar-refractivity contribution is 0.273. The smallest absolute Gasteiger partial charge is 0.183 e. The van der Waals surface area contributed by atoms with Crippen molar-refractivity contribution in [1.82, 2.24) is 0 Å². The minimum Gasteiger partial charge on any atom is -0.478 e. The number of hydrogen-bond donors (Lipinski definition) is 0. The molecule has 0 atom stereocenters. The molecule has 0 spiro atoms. The third-order valence-electron chi connectivity index (χ3n) is 5.34. The lowest BCUT2D eigenvalue weighted by Gasteiger charge is -2.07. The molecule has 1 aliphatic heterocycles. The molecule has 0 aliphatic carbocycles. The Morgan fingerprint density at radius 1 is 0.714 bits per heavy atom. The van der Waals surface area contributed by atoms with Crippen LogP contribution in [0.3, 0.4) is 0 Å². The van der Waals surface area contributed by atoms with Crippen molar-refractivity contribution in [2.24, 2.45) is 4.99 Å². The van der Waals surface area contributed by atoms with Gasteiger partial charge in [-0.2, -0.15) is 0 Å². The molecule has 0 saturated heterocycles. The highest BCUT2D eigenvalue weighted by Gasteiger charge is 2.25. The molecule has 0 aromatic rings. The van der Waals surface area contributed by atoms with E-state index in [1.165, 1.54) is 83.5 Å². The SMILES string of the molecule is CCCCCCCCCCCC/C=C\CC/C=C\CCCC1=NC(C)(C)CO1. The quantitative estimate of drug-likeness (QED) is 0.170. The van der Waals surface area contributed by atoms with Crippen LogP contribution in [0.2, 0.25) is 0 Å². The second-order valence-electron chi connectivity index (χ2n) is 8.99. The van der Waals surface area contributed by atoms with E-state index in [2.05, 4.69) is 50.1 Å². The van der Waals surface area contributed by atoms with Gasteiger partial charge in [-0.25, -0.2) is 4.99 Å². The van der Waals surface area contributed by atoms with Gasteiger partial charge in [-0.05, 0) is 52.4 Å². The Morgan fingerprint density at radius 2 is 1.21 bits per heavy atom. The van der Waals surface area contributed by atoms with Crippen molar-refractivity contribution in [3.8, 4) is 0 Å². The molecule has 0 aromatic heterocycles. The van der Waals surface area contributed by atoms with Gasteiger partial charge in [-0.1, -0.05) is 89.0 Å². The average molecular weight is 390 g/mol. The normalized spacial score (nSPS) is 16.2. The van der Waals surface area contributed by atoms with Crippen LogP contribution in [0.5, 0.6) is 0 Å². The Hall–Kier alpha value is -1.05. The zero-order valence-corrected chi connectivity index (χ0v) is 19.2. The van der Waals surface area contributed by atoms with Crippen molar-refractivity contribution >= 4 is 5.90 Å². The van der Waals surface area contributed by atoms with Gasteiger partial charge in [0.1, 0.15) is 6.61 Å². The van der Waals surface area contributed by atoms with Crippen LogP contribution < -0.4 is 0 Å². The zero-order chi connectivity index (χ0) is 20.3. The molecule has 0 fully saturated rings. The van der Waals surface area contributed by atoms with E-state index in [0.717, 1.165) is 31.8 Å². The molecule has 1 aliphatic rings. The standard InChI is InChI=1S/C26H47NO/c1-4-5-6-7-8-9-10-11-12-13-14-15-16-17-18-19-20-21-22-23-25-27-26(2,3)24-28-25/h15-16,19-20H,4-14,17-18,21-24H2,1-3H3/b16-15-,20-19-. The summed E-state index contributed by atoms with van der Waals surface area (Å²) in [6, 6.07) is 0. The average Bonchev–Trinajstić information content (AvgIpc) is 3.02. The summed E-state index contributed by atoms with van der Waals surface area (Å²) in [5.74, 6) is 0.952.